The van der Waals surface area contributed by atoms with Crippen molar-refractivity contribution in [1.29, 1.82) is 0 Å². The van der Waals surface area contributed by atoms with E-state index in [1.54, 1.807) is 6.07 Å². The van der Waals surface area contributed by atoms with Gasteiger partial charge in [0.15, 0.2) is 0 Å². The largest absolute Gasteiger partial charge is 0.270 e. The molecule has 0 bridgehead atoms. The van der Waals surface area contributed by atoms with Gasteiger partial charge in [-0.1, -0.05) is 37.6 Å². The van der Waals surface area contributed by atoms with Crippen LogP contribution in [0.15, 0.2) is 18.2 Å². The fourth-order valence-corrected chi connectivity index (χ4v) is 1.67. The molecule has 0 nitrogen and oxygen atoms in total. The van der Waals surface area contributed by atoms with E-state index in [1.165, 1.54) is 12.1 Å². The zero-order valence-corrected chi connectivity index (χ0v) is 9.20. The van der Waals surface area contributed by atoms with Crippen LogP contribution in [0.25, 0.3) is 0 Å². The molecule has 0 saturated heterocycles. The van der Waals surface area contributed by atoms with Gasteiger partial charge in [-0.05, 0) is 17.5 Å². The standard InChI is InChI=1S/C11H13ClF2/c1-7(2)9-5-4-8(6-10(9)12)11(3,13)14/h4-7H,1-3H3. The minimum Gasteiger partial charge on any atom is -0.202 e. The minimum absolute atomic E-state index is 0.0353. The first kappa shape index (κ1) is 11.4. The molecule has 0 spiro atoms. The molecule has 0 N–H and O–H groups in total. The molecule has 3 heteroatoms. The number of rotatable bonds is 2. The monoisotopic (exact) mass is 218 g/mol. The third-order valence-electron chi connectivity index (χ3n) is 2.13. The van der Waals surface area contributed by atoms with Gasteiger partial charge < -0.3 is 0 Å². The third-order valence-corrected chi connectivity index (χ3v) is 2.46. The molecule has 78 valence electrons. The van der Waals surface area contributed by atoms with Gasteiger partial charge in [-0.3, -0.25) is 0 Å². The summed E-state index contributed by atoms with van der Waals surface area (Å²) >= 11 is 5.90. The fourth-order valence-electron chi connectivity index (χ4n) is 1.27. The molecule has 1 aromatic carbocycles. The molecule has 0 fully saturated rings. The van der Waals surface area contributed by atoms with E-state index < -0.39 is 5.92 Å². The summed E-state index contributed by atoms with van der Waals surface area (Å²) in [6, 6.07) is 4.44. The van der Waals surface area contributed by atoms with Crippen molar-refractivity contribution in [2.75, 3.05) is 0 Å². The molecule has 0 aliphatic carbocycles. The van der Waals surface area contributed by atoms with Crippen LogP contribution in [0.1, 0.15) is 37.8 Å². The lowest BCUT2D eigenvalue weighted by Crippen LogP contribution is -2.07. The summed E-state index contributed by atoms with van der Waals surface area (Å²) < 4.78 is 25.8. The lowest BCUT2D eigenvalue weighted by atomic mass is 10.00. The molecule has 0 aliphatic heterocycles. The summed E-state index contributed by atoms with van der Waals surface area (Å²) in [4.78, 5) is 0. The van der Waals surface area contributed by atoms with E-state index in [0.29, 0.717) is 5.02 Å². The normalized spacial score (nSPS) is 12.2. The molecule has 0 heterocycles. The van der Waals surface area contributed by atoms with Crippen molar-refractivity contribution in [3.63, 3.8) is 0 Å². The van der Waals surface area contributed by atoms with Crippen molar-refractivity contribution in [1.82, 2.24) is 0 Å². The Bertz CT molecular complexity index is 327. The lowest BCUT2D eigenvalue weighted by Gasteiger charge is -2.14. The second-order valence-corrected chi connectivity index (χ2v) is 4.19. The molecule has 0 saturated carbocycles. The van der Waals surface area contributed by atoms with E-state index in [2.05, 4.69) is 0 Å². The maximum absolute atomic E-state index is 12.9. The highest BCUT2D eigenvalue weighted by Crippen LogP contribution is 2.32. The van der Waals surface area contributed by atoms with Crippen molar-refractivity contribution < 1.29 is 8.78 Å². The molecular formula is C11H13ClF2. The first-order valence-electron chi connectivity index (χ1n) is 4.50. The highest BCUT2D eigenvalue weighted by Gasteiger charge is 2.24. The van der Waals surface area contributed by atoms with Gasteiger partial charge in [-0.15, -0.1) is 0 Å². The fraction of sp³-hybridized carbons (Fsp3) is 0.455. The summed E-state index contributed by atoms with van der Waals surface area (Å²) in [6.07, 6.45) is 0. The van der Waals surface area contributed by atoms with Crippen LogP contribution in [-0.4, -0.2) is 0 Å². The molecule has 0 atom stereocenters. The van der Waals surface area contributed by atoms with Gasteiger partial charge in [-0.2, -0.15) is 0 Å². The van der Waals surface area contributed by atoms with Gasteiger partial charge in [0.25, 0.3) is 5.92 Å². The Balaban J connectivity index is 3.13. The summed E-state index contributed by atoms with van der Waals surface area (Å²) in [5, 5.41) is 0.416. The van der Waals surface area contributed by atoms with Gasteiger partial charge in [0.05, 0.1) is 0 Å². The maximum atomic E-state index is 12.9. The summed E-state index contributed by atoms with van der Waals surface area (Å²) in [5.41, 5.74) is 0.867. The molecule has 1 rings (SSSR count). The van der Waals surface area contributed by atoms with Crippen LogP contribution >= 0.6 is 11.6 Å². The molecule has 0 aromatic heterocycles. The Morgan fingerprint density at radius 2 is 1.86 bits per heavy atom. The predicted molar refractivity (Wildman–Crippen MR) is 55.1 cm³/mol. The quantitative estimate of drug-likeness (QED) is 0.682. The van der Waals surface area contributed by atoms with Crippen molar-refractivity contribution in [2.24, 2.45) is 0 Å². The van der Waals surface area contributed by atoms with Gasteiger partial charge in [0.2, 0.25) is 0 Å². The van der Waals surface area contributed by atoms with Crippen LogP contribution in [0.5, 0.6) is 0 Å². The second-order valence-electron chi connectivity index (χ2n) is 3.78. The van der Waals surface area contributed by atoms with E-state index in [1.807, 2.05) is 13.8 Å². The summed E-state index contributed by atoms with van der Waals surface area (Å²) in [7, 11) is 0. The van der Waals surface area contributed by atoms with Crippen molar-refractivity contribution in [2.45, 2.75) is 32.6 Å². The van der Waals surface area contributed by atoms with Crippen LogP contribution in [0, 0.1) is 0 Å². The summed E-state index contributed by atoms with van der Waals surface area (Å²) in [5.74, 6) is -2.57. The Hall–Kier alpha value is -0.630. The van der Waals surface area contributed by atoms with Gasteiger partial charge in [-0.25, -0.2) is 8.78 Å². The van der Waals surface area contributed by atoms with Crippen LogP contribution < -0.4 is 0 Å². The SMILES string of the molecule is CC(C)c1ccc(C(C)(F)F)cc1Cl. The van der Waals surface area contributed by atoms with E-state index in [4.69, 9.17) is 11.6 Å². The number of halogens is 3. The molecule has 14 heavy (non-hydrogen) atoms. The van der Waals surface area contributed by atoms with Crippen LogP contribution in [0.4, 0.5) is 8.78 Å². The van der Waals surface area contributed by atoms with Crippen LogP contribution in [0.3, 0.4) is 0 Å². The lowest BCUT2D eigenvalue weighted by molar-refractivity contribution is 0.0174. The van der Waals surface area contributed by atoms with Crippen molar-refractivity contribution >= 4 is 11.6 Å². The molecule has 0 radical (unpaired) electrons. The van der Waals surface area contributed by atoms with Gasteiger partial charge in [0, 0.05) is 17.5 Å². The molecule has 1 aromatic rings. The smallest absolute Gasteiger partial charge is 0.202 e. The molecule has 0 unspecified atom stereocenters. The van der Waals surface area contributed by atoms with Gasteiger partial charge in [0.1, 0.15) is 0 Å². The number of benzene rings is 1. The average Bonchev–Trinajstić information content (AvgIpc) is 2.01. The molecular weight excluding hydrogens is 206 g/mol. The third kappa shape index (κ3) is 2.44. The molecule has 0 amide bonds. The number of alkyl halides is 2. The van der Waals surface area contributed by atoms with E-state index in [0.717, 1.165) is 12.5 Å². The predicted octanol–water partition coefficient (Wildman–Crippen LogP) is 4.58. The van der Waals surface area contributed by atoms with Gasteiger partial charge >= 0.3 is 0 Å². The highest BCUT2D eigenvalue weighted by atomic mass is 35.5. The maximum Gasteiger partial charge on any atom is 0.270 e. The minimum atomic E-state index is -2.82. The zero-order valence-electron chi connectivity index (χ0n) is 8.44. The van der Waals surface area contributed by atoms with Crippen LogP contribution in [0.2, 0.25) is 5.02 Å². The average molecular weight is 219 g/mol. The number of hydrogen-bond donors (Lipinski definition) is 0. The van der Waals surface area contributed by atoms with Crippen molar-refractivity contribution in [3.05, 3.63) is 34.3 Å². The van der Waals surface area contributed by atoms with E-state index in [-0.39, 0.29) is 11.5 Å². The Kier molecular flexibility index (Phi) is 3.15. The Morgan fingerprint density at radius 1 is 1.29 bits per heavy atom. The second kappa shape index (κ2) is 3.85. The van der Waals surface area contributed by atoms with Crippen LogP contribution in [-0.2, 0) is 5.92 Å². The van der Waals surface area contributed by atoms with E-state index >= 15 is 0 Å². The Labute approximate surface area is 87.9 Å². The number of hydrogen-bond acceptors (Lipinski definition) is 0. The zero-order chi connectivity index (χ0) is 10.9. The topological polar surface area (TPSA) is 0 Å². The first-order valence-corrected chi connectivity index (χ1v) is 4.88. The van der Waals surface area contributed by atoms with E-state index in [9.17, 15) is 8.78 Å². The summed E-state index contributed by atoms with van der Waals surface area (Å²) in [6.45, 7) is 4.82. The highest BCUT2D eigenvalue weighted by molar-refractivity contribution is 6.31. The Morgan fingerprint density at radius 3 is 2.21 bits per heavy atom. The molecule has 0 aliphatic rings. The first-order chi connectivity index (χ1) is 6.32. The van der Waals surface area contributed by atoms with Crippen molar-refractivity contribution in [3.8, 4) is 0 Å².